The van der Waals surface area contributed by atoms with Crippen LogP contribution in [-0.2, 0) is 0 Å². The first-order chi connectivity index (χ1) is 7.69. The molecule has 0 aliphatic heterocycles. The third-order valence-corrected chi connectivity index (χ3v) is 6.63. The Morgan fingerprint density at radius 3 is 1.33 bits per heavy atom. The lowest BCUT2D eigenvalue weighted by atomic mass is 10.2. The normalized spacial score (nSPS) is 13.8. The second kappa shape index (κ2) is 7.52. The lowest BCUT2D eigenvalue weighted by Gasteiger charge is -2.33. The SMILES string of the molecule is C/C=C/C[PH+](C(C)(C)C)C(C)(C)C.F[B-](F)(F)F. The van der Waals surface area contributed by atoms with Crippen LogP contribution in [-0.4, -0.2) is 23.7 Å². The maximum atomic E-state index is 9.75. The Morgan fingerprint density at radius 2 is 1.17 bits per heavy atom. The Balaban J connectivity index is 0. The summed E-state index contributed by atoms with van der Waals surface area (Å²) >= 11 is 0. The summed E-state index contributed by atoms with van der Waals surface area (Å²) in [5.41, 5.74) is 0. The van der Waals surface area contributed by atoms with Crippen LogP contribution >= 0.6 is 7.92 Å². The fourth-order valence-electron chi connectivity index (χ4n) is 1.97. The van der Waals surface area contributed by atoms with Gasteiger partial charge in [0.2, 0.25) is 0 Å². The molecule has 0 aromatic heterocycles. The van der Waals surface area contributed by atoms with Crippen molar-refractivity contribution in [2.45, 2.75) is 58.8 Å². The van der Waals surface area contributed by atoms with E-state index in [4.69, 9.17) is 0 Å². The summed E-state index contributed by atoms with van der Waals surface area (Å²) in [6.45, 7) is 16.4. The third kappa shape index (κ3) is 14.0. The smallest absolute Gasteiger partial charge is 0.418 e. The number of hydrogen-bond donors (Lipinski definition) is 0. The molecule has 18 heavy (non-hydrogen) atoms. The minimum absolute atomic E-state index is 0.325. The van der Waals surface area contributed by atoms with E-state index >= 15 is 0 Å². The van der Waals surface area contributed by atoms with E-state index < -0.39 is 7.25 Å². The molecule has 0 nitrogen and oxygen atoms in total. The van der Waals surface area contributed by atoms with Gasteiger partial charge < -0.3 is 17.3 Å². The van der Waals surface area contributed by atoms with E-state index in [2.05, 4.69) is 60.6 Å². The van der Waals surface area contributed by atoms with E-state index in [1.165, 1.54) is 6.16 Å². The van der Waals surface area contributed by atoms with E-state index in [0.717, 1.165) is 0 Å². The molecular weight excluding hydrogens is 262 g/mol. The molecule has 0 aromatic rings. The summed E-state index contributed by atoms with van der Waals surface area (Å²) in [6.07, 6.45) is 5.82. The molecule has 0 aliphatic rings. The van der Waals surface area contributed by atoms with Crippen LogP contribution in [0, 0.1) is 0 Å². The molecule has 0 aromatic carbocycles. The van der Waals surface area contributed by atoms with Crippen LogP contribution in [0.3, 0.4) is 0 Å². The largest absolute Gasteiger partial charge is 0.673 e. The summed E-state index contributed by atoms with van der Waals surface area (Å²) in [5.74, 6) is 0. The van der Waals surface area contributed by atoms with Crippen LogP contribution in [0.25, 0.3) is 0 Å². The van der Waals surface area contributed by atoms with Gasteiger partial charge in [-0.2, -0.15) is 0 Å². The quantitative estimate of drug-likeness (QED) is 0.265. The van der Waals surface area contributed by atoms with Crippen molar-refractivity contribution >= 4 is 15.2 Å². The summed E-state index contributed by atoms with van der Waals surface area (Å²) in [5, 5.41) is 1.00. The molecule has 0 atom stereocenters. The maximum absolute atomic E-state index is 9.75. The number of halogens is 4. The Hall–Kier alpha value is -0.0451. The van der Waals surface area contributed by atoms with Crippen molar-refractivity contribution in [3.63, 3.8) is 0 Å². The molecule has 0 rings (SSSR count). The minimum atomic E-state index is -6.00. The average molecular weight is 288 g/mol. The molecule has 0 fully saturated rings. The van der Waals surface area contributed by atoms with Gasteiger partial charge in [-0.05, 0) is 48.5 Å². The number of rotatable bonds is 2. The highest BCUT2D eigenvalue weighted by Gasteiger charge is 2.40. The summed E-state index contributed by atoms with van der Waals surface area (Å²) < 4.78 is 39.0. The molecule has 0 bridgehead atoms. The average Bonchev–Trinajstić information content (AvgIpc) is 1.95. The zero-order chi connectivity index (χ0) is 15.2. The Bertz CT molecular complexity index is 228. The van der Waals surface area contributed by atoms with Crippen molar-refractivity contribution < 1.29 is 17.3 Å². The predicted molar refractivity (Wildman–Crippen MR) is 77.7 cm³/mol. The predicted octanol–water partition coefficient (Wildman–Crippen LogP) is 5.67. The van der Waals surface area contributed by atoms with Gasteiger partial charge in [0, 0.05) is 7.92 Å². The van der Waals surface area contributed by atoms with E-state index in [0.29, 0.717) is 10.3 Å². The first-order valence-electron chi connectivity index (χ1n) is 6.05. The summed E-state index contributed by atoms with van der Waals surface area (Å²) in [7, 11) is -6.33. The van der Waals surface area contributed by atoms with Crippen LogP contribution in [0.1, 0.15) is 48.5 Å². The summed E-state index contributed by atoms with van der Waals surface area (Å²) in [4.78, 5) is 0. The molecule has 0 N–H and O–H groups in total. The van der Waals surface area contributed by atoms with Gasteiger partial charge in [-0.1, -0.05) is 12.2 Å². The molecule has 0 spiro atoms. The minimum Gasteiger partial charge on any atom is -0.418 e. The van der Waals surface area contributed by atoms with E-state index in [1.807, 2.05) is 0 Å². The molecule has 0 amide bonds. The molecule has 0 aliphatic carbocycles. The van der Waals surface area contributed by atoms with Crippen molar-refractivity contribution in [2.24, 2.45) is 0 Å². The highest BCUT2D eigenvalue weighted by molar-refractivity contribution is 7.61. The zero-order valence-corrected chi connectivity index (χ0v) is 13.5. The zero-order valence-electron chi connectivity index (χ0n) is 12.5. The first-order valence-corrected chi connectivity index (χ1v) is 7.75. The highest BCUT2D eigenvalue weighted by atomic mass is 31.1. The third-order valence-electron chi connectivity index (χ3n) is 2.37. The van der Waals surface area contributed by atoms with Gasteiger partial charge >= 0.3 is 7.25 Å². The Labute approximate surface area is 110 Å². The maximum Gasteiger partial charge on any atom is 0.673 e. The van der Waals surface area contributed by atoms with Gasteiger partial charge in [0.1, 0.15) is 0 Å². The second-order valence-corrected chi connectivity index (χ2v) is 10.6. The fraction of sp³-hybridized carbons (Fsp3) is 0.833. The van der Waals surface area contributed by atoms with Gasteiger partial charge in [-0.15, -0.1) is 0 Å². The molecule has 0 saturated carbocycles. The molecule has 0 heterocycles. The molecule has 110 valence electrons. The standard InChI is InChI=1S/C12H25P.BF4/c1-8-9-10-13(11(2,3)4)12(5,6)7;2-1(3,4)5/h8-9H,10H2,1-7H3;/q;-1/p+1/b9-8+;. The van der Waals surface area contributed by atoms with Crippen molar-refractivity contribution in [3.8, 4) is 0 Å². The van der Waals surface area contributed by atoms with Crippen molar-refractivity contribution in [1.82, 2.24) is 0 Å². The number of hydrogen-bond acceptors (Lipinski definition) is 0. The fourth-order valence-corrected chi connectivity index (χ4v) is 5.92. The highest BCUT2D eigenvalue weighted by Crippen LogP contribution is 2.58. The van der Waals surface area contributed by atoms with Gasteiger partial charge in [0.15, 0.2) is 0 Å². The lowest BCUT2D eigenvalue weighted by molar-refractivity contribution is 0.368. The number of allylic oxidation sites excluding steroid dienone is 2. The van der Waals surface area contributed by atoms with Crippen molar-refractivity contribution in [3.05, 3.63) is 12.2 Å². The van der Waals surface area contributed by atoms with Crippen molar-refractivity contribution in [1.29, 1.82) is 0 Å². The van der Waals surface area contributed by atoms with E-state index in [9.17, 15) is 17.3 Å². The molecule has 0 unspecified atom stereocenters. The van der Waals surface area contributed by atoms with Gasteiger partial charge in [0.25, 0.3) is 0 Å². The van der Waals surface area contributed by atoms with Crippen LogP contribution in [0.2, 0.25) is 0 Å². The van der Waals surface area contributed by atoms with Crippen LogP contribution in [0.5, 0.6) is 0 Å². The van der Waals surface area contributed by atoms with E-state index in [1.54, 1.807) is 0 Å². The Morgan fingerprint density at radius 1 is 0.889 bits per heavy atom. The van der Waals surface area contributed by atoms with Crippen LogP contribution in [0.4, 0.5) is 17.3 Å². The lowest BCUT2D eigenvalue weighted by Crippen LogP contribution is -2.26. The van der Waals surface area contributed by atoms with Gasteiger partial charge in [-0.3, -0.25) is 0 Å². The Kier molecular flexibility index (Phi) is 8.47. The second-order valence-electron chi connectivity index (χ2n) is 6.25. The topological polar surface area (TPSA) is 0 Å². The van der Waals surface area contributed by atoms with Crippen molar-refractivity contribution in [2.75, 3.05) is 6.16 Å². The molecular formula is C12H26BF4P. The monoisotopic (exact) mass is 288 g/mol. The summed E-state index contributed by atoms with van der Waals surface area (Å²) in [6, 6.07) is 0. The molecule has 0 saturated heterocycles. The van der Waals surface area contributed by atoms with Crippen LogP contribution in [0.15, 0.2) is 12.2 Å². The first kappa shape index (κ1) is 20.3. The molecule has 0 radical (unpaired) electrons. The van der Waals surface area contributed by atoms with Gasteiger partial charge in [-0.25, -0.2) is 0 Å². The van der Waals surface area contributed by atoms with Crippen LogP contribution < -0.4 is 0 Å². The van der Waals surface area contributed by atoms with E-state index in [-0.39, 0.29) is 7.92 Å². The van der Waals surface area contributed by atoms with Gasteiger partial charge in [0.05, 0.1) is 16.5 Å². The molecule has 6 heteroatoms.